The number of benzene rings is 1. The first-order chi connectivity index (χ1) is 8.24. The predicted molar refractivity (Wildman–Crippen MR) is 70.0 cm³/mol. The molecule has 1 aromatic carbocycles. The van der Waals surface area contributed by atoms with E-state index in [0.29, 0.717) is 15.7 Å². The predicted octanol–water partition coefficient (Wildman–Crippen LogP) is 3.92. The second kappa shape index (κ2) is 5.52. The quantitative estimate of drug-likeness (QED) is 0.843. The summed E-state index contributed by atoms with van der Waals surface area (Å²) in [6, 6.07) is 5.42. The van der Waals surface area contributed by atoms with Gasteiger partial charge in [-0.15, -0.1) is 5.10 Å². The molecule has 0 unspecified atom stereocenters. The van der Waals surface area contributed by atoms with Gasteiger partial charge in [-0.2, -0.15) is 0 Å². The molecular weight excluding hydrogens is 257 g/mol. The van der Waals surface area contributed by atoms with Crippen LogP contribution in [-0.4, -0.2) is 15.0 Å². The van der Waals surface area contributed by atoms with E-state index in [0.717, 1.165) is 25.0 Å². The van der Waals surface area contributed by atoms with Crippen molar-refractivity contribution in [2.45, 2.75) is 26.2 Å². The summed E-state index contributed by atoms with van der Waals surface area (Å²) in [7, 11) is 0. The SMILES string of the molecule is CCCCc1cnnn1-c1c(Cl)cccc1Cl. The molecular formula is C12H13Cl2N3. The van der Waals surface area contributed by atoms with Gasteiger partial charge in [0.2, 0.25) is 0 Å². The largest absolute Gasteiger partial charge is 0.215 e. The minimum absolute atomic E-state index is 0.584. The number of aromatic nitrogens is 3. The highest BCUT2D eigenvalue weighted by molar-refractivity contribution is 6.37. The summed E-state index contributed by atoms with van der Waals surface area (Å²) in [5, 5.41) is 9.16. The van der Waals surface area contributed by atoms with E-state index in [9.17, 15) is 0 Å². The van der Waals surface area contributed by atoms with E-state index in [-0.39, 0.29) is 0 Å². The molecule has 0 amide bonds. The van der Waals surface area contributed by atoms with Crippen molar-refractivity contribution < 1.29 is 0 Å². The van der Waals surface area contributed by atoms with Crippen molar-refractivity contribution >= 4 is 23.2 Å². The number of para-hydroxylation sites is 1. The average molecular weight is 270 g/mol. The lowest BCUT2D eigenvalue weighted by Gasteiger charge is -2.09. The van der Waals surface area contributed by atoms with Crippen LogP contribution in [0.5, 0.6) is 0 Å². The molecule has 2 aromatic rings. The number of halogens is 2. The van der Waals surface area contributed by atoms with E-state index in [4.69, 9.17) is 23.2 Å². The molecule has 1 heterocycles. The van der Waals surface area contributed by atoms with E-state index in [1.165, 1.54) is 0 Å². The van der Waals surface area contributed by atoms with Crippen molar-refractivity contribution in [3.63, 3.8) is 0 Å². The third kappa shape index (κ3) is 2.61. The Morgan fingerprint density at radius 3 is 2.59 bits per heavy atom. The van der Waals surface area contributed by atoms with Gasteiger partial charge in [0, 0.05) is 0 Å². The molecule has 0 radical (unpaired) electrons. The van der Waals surface area contributed by atoms with Crippen LogP contribution in [0.15, 0.2) is 24.4 Å². The molecule has 0 bridgehead atoms. The van der Waals surface area contributed by atoms with E-state index in [1.54, 1.807) is 23.0 Å². The highest BCUT2D eigenvalue weighted by atomic mass is 35.5. The fourth-order valence-electron chi connectivity index (χ4n) is 1.66. The molecule has 0 aliphatic heterocycles. The minimum Gasteiger partial charge on any atom is -0.215 e. The normalized spacial score (nSPS) is 10.8. The standard InChI is InChI=1S/C12H13Cl2N3/c1-2-3-5-9-8-15-16-17(9)12-10(13)6-4-7-11(12)14/h4,6-8H,2-3,5H2,1H3. The molecule has 0 spiro atoms. The van der Waals surface area contributed by atoms with Gasteiger partial charge in [-0.05, 0) is 25.0 Å². The van der Waals surface area contributed by atoms with Gasteiger partial charge in [0.1, 0.15) is 5.69 Å². The summed E-state index contributed by atoms with van der Waals surface area (Å²) in [4.78, 5) is 0. The molecule has 0 saturated carbocycles. The second-order valence-electron chi connectivity index (χ2n) is 3.81. The van der Waals surface area contributed by atoms with Gasteiger partial charge in [0.05, 0.1) is 21.9 Å². The van der Waals surface area contributed by atoms with Gasteiger partial charge >= 0.3 is 0 Å². The summed E-state index contributed by atoms with van der Waals surface area (Å²) >= 11 is 12.3. The van der Waals surface area contributed by atoms with Crippen molar-refractivity contribution in [2.24, 2.45) is 0 Å². The topological polar surface area (TPSA) is 30.7 Å². The minimum atomic E-state index is 0.584. The van der Waals surface area contributed by atoms with Crippen LogP contribution in [0, 0.1) is 0 Å². The fraction of sp³-hybridized carbons (Fsp3) is 0.333. The van der Waals surface area contributed by atoms with Crippen LogP contribution in [0.3, 0.4) is 0 Å². The molecule has 1 aromatic heterocycles. The molecule has 3 nitrogen and oxygen atoms in total. The Bertz CT molecular complexity index is 488. The number of nitrogens with zero attached hydrogens (tertiary/aromatic N) is 3. The molecule has 0 N–H and O–H groups in total. The highest BCUT2D eigenvalue weighted by Gasteiger charge is 2.12. The van der Waals surface area contributed by atoms with Gasteiger partial charge in [-0.3, -0.25) is 0 Å². The van der Waals surface area contributed by atoms with Crippen molar-refractivity contribution in [3.8, 4) is 5.69 Å². The maximum atomic E-state index is 6.15. The Balaban J connectivity index is 2.43. The smallest absolute Gasteiger partial charge is 0.104 e. The third-order valence-corrected chi connectivity index (χ3v) is 3.17. The van der Waals surface area contributed by atoms with E-state index < -0.39 is 0 Å². The summed E-state index contributed by atoms with van der Waals surface area (Å²) in [5.74, 6) is 0. The summed E-state index contributed by atoms with van der Waals surface area (Å²) in [6.45, 7) is 2.15. The molecule has 2 rings (SSSR count). The average Bonchev–Trinajstić information content (AvgIpc) is 2.74. The van der Waals surface area contributed by atoms with Gasteiger partial charge in [-0.25, -0.2) is 4.68 Å². The van der Waals surface area contributed by atoms with Crippen LogP contribution in [0.1, 0.15) is 25.5 Å². The Morgan fingerprint density at radius 1 is 1.24 bits per heavy atom. The van der Waals surface area contributed by atoms with Crippen LogP contribution in [-0.2, 0) is 6.42 Å². The monoisotopic (exact) mass is 269 g/mol. The number of hydrogen-bond acceptors (Lipinski definition) is 2. The van der Waals surface area contributed by atoms with Crippen LogP contribution in [0.2, 0.25) is 10.0 Å². The second-order valence-corrected chi connectivity index (χ2v) is 4.63. The number of rotatable bonds is 4. The Morgan fingerprint density at radius 2 is 1.94 bits per heavy atom. The number of hydrogen-bond donors (Lipinski definition) is 0. The lowest BCUT2D eigenvalue weighted by Crippen LogP contribution is -2.04. The number of aryl methyl sites for hydroxylation is 1. The van der Waals surface area contributed by atoms with Gasteiger partial charge in [-0.1, -0.05) is 47.8 Å². The number of unbranched alkanes of at least 4 members (excludes halogenated alkanes) is 1. The molecule has 0 atom stereocenters. The fourth-order valence-corrected chi connectivity index (χ4v) is 2.22. The van der Waals surface area contributed by atoms with E-state index in [1.807, 2.05) is 6.07 Å². The van der Waals surface area contributed by atoms with E-state index in [2.05, 4.69) is 17.2 Å². The molecule has 0 aliphatic carbocycles. The van der Waals surface area contributed by atoms with Crippen LogP contribution in [0.25, 0.3) is 5.69 Å². The third-order valence-electron chi connectivity index (χ3n) is 2.56. The van der Waals surface area contributed by atoms with E-state index >= 15 is 0 Å². The Labute approximate surface area is 110 Å². The van der Waals surface area contributed by atoms with Gasteiger partial charge in [0.15, 0.2) is 0 Å². The van der Waals surface area contributed by atoms with Crippen LogP contribution < -0.4 is 0 Å². The first-order valence-corrected chi connectivity index (χ1v) is 6.33. The van der Waals surface area contributed by atoms with Crippen molar-refractivity contribution in [2.75, 3.05) is 0 Å². The van der Waals surface area contributed by atoms with Crippen molar-refractivity contribution in [3.05, 3.63) is 40.1 Å². The molecule has 90 valence electrons. The van der Waals surface area contributed by atoms with Gasteiger partial charge < -0.3 is 0 Å². The lowest BCUT2D eigenvalue weighted by molar-refractivity contribution is 0.715. The maximum Gasteiger partial charge on any atom is 0.104 e. The summed E-state index contributed by atoms with van der Waals surface area (Å²) in [6.07, 6.45) is 4.90. The van der Waals surface area contributed by atoms with Crippen LogP contribution >= 0.6 is 23.2 Å². The zero-order valence-corrected chi connectivity index (χ0v) is 11.0. The maximum absolute atomic E-state index is 6.15. The molecule has 0 aliphatic rings. The first-order valence-electron chi connectivity index (χ1n) is 5.58. The van der Waals surface area contributed by atoms with Crippen molar-refractivity contribution in [1.82, 2.24) is 15.0 Å². The molecule has 17 heavy (non-hydrogen) atoms. The zero-order valence-electron chi connectivity index (χ0n) is 9.53. The summed E-state index contributed by atoms with van der Waals surface area (Å²) in [5.41, 5.74) is 1.74. The lowest BCUT2D eigenvalue weighted by atomic mass is 10.2. The van der Waals surface area contributed by atoms with Crippen LogP contribution in [0.4, 0.5) is 0 Å². The first kappa shape index (κ1) is 12.4. The summed E-state index contributed by atoms with van der Waals surface area (Å²) < 4.78 is 1.72. The molecule has 0 fully saturated rings. The zero-order chi connectivity index (χ0) is 12.3. The highest BCUT2D eigenvalue weighted by Crippen LogP contribution is 2.28. The Kier molecular flexibility index (Phi) is 4.02. The van der Waals surface area contributed by atoms with Gasteiger partial charge in [0.25, 0.3) is 0 Å². The van der Waals surface area contributed by atoms with Crippen molar-refractivity contribution in [1.29, 1.82) is 0 Å². The Hall–Kier alpha value is -1.06. The molecule has 0 saturated heterocycles. The molecule has 5 heteroatoms.